The first-order chi connectivity index (χ1) is 11.4. The maximum atomic E-state index is 4.54. The zero-order valence-corrected chi connectivity index (χ0v) is 12.3. The van der Waals surface area contributed by atoms with Crippen LogP contribution in [-0.4, -0.2) is 14.6 Å². The first kappa shape index (κ1) is 13.3. The predicted molar refractivity (Wildman–Crippen MR) is 92.4 cm³/mol. The average molecular weight is 301 g/mol. The Labute approximate surface area is 133 Å². The minimum atomic E-state index is 0.568. The number of para-hydroxylation sites is 2. The van der Waals surface area contributed by atoms with Crippen molar-refractivity contribution in [2.75, 3.05) is 10.6 Å². The summed E-state index contributed by atoms with van der Waals surface area (Å²) >= 11 is 0. The first-order valence-corrected chi connectivity index (χ1v) is 7.38. The van der Waals surface area contributed by atoms with E-state index in [0.717, 1.165) is 22.8 Å². The van der Waals surface area contributed by atoms with Gasteiger partial charge in [0.1, 0.15) is 5.82 Å². The van der Waals surface area contributed by atoms with Crippen molar-refractivity contribution in [2.24, 2.45) is 0 Å². The minimum absolute atomic E-state index is 0.568. The lowest BCUT2D eigenvalue weighted by atomic mass is 10.3. The van der Waals surface area contributed by atoms with E-state index in [9.17, 15) is 0 Å². The molecule has 0 bridgehead atoms. The van der Waals surface area contributed by atoms with E-state index < -0.39 is 0 Å². The molecule has 112 valence electrons. The molecule has 0 unspecified atom stereocenters. The van der Waals surface area contributed by atoms with Gasteiger partial charge in [-0.05, 0) is 36.4 Å². The summed E-state index contributed by atoms with van der Waals surface area (Å²) in [7, 11) is 0. The third kappa shape index (κ3) is 2.85. The van der Waals surface area contributed by atoms with Crippen molar-refractivity contribution in [1.82, 2.24) is 14.6 Å². The Morgan fingerprint density at radius 2 is 1.30 bits per heavy atom. The summed E-state index contributed by atoms with van der Waals surface area (Å²) in [6.07, 6.45) is 0. The quantitative estimate of drug-likeness (QED) is 0.592. The molecular formula is C18H15N5. The van der Waals surface area contributed by atoms with Gasteiger partial charge in [0.05, 0.1) is 0 Å². The second-order valence-corrected chi connectivity index (χ2v) is 5.10. The number of anilines is 4. The highest BCUT2D eigenvalue weighted by Crippen LogP contribution is 2.19. The number of benzene rings is 2. The highest BCUT2D eigenvalue weighted by atomic mass is 15.4. The second-order valence-electron chi connectivity index (χ2n) is 5.10. The number of nitrogens with one attached hydrogen (secondary N) is 2. The molecule has 0 radical (unpaired) electrons. The molecule has 0 saturated heterocycles. The van der Waals surface area contributed by atoms with Crippen LogP contribution in [-0.2, 0) is 0 Å². The summed E-state index contributed by atoms with van der Waals surface area (Å²) in [4.78, 5) is 4.51. The van der Waals surface area contributed by atoms with Crippen molar-refractivity contribution in [3.63, 3.8) is 0 Å². The van der Waals surface area contributed by atoms with Gasteiger partial charge in [-0.1, -0.05) is 42.5 Å². The van der Waals surface area contributed by atoms with E-state index in [1.165, 1.54) is 0 Å². The van der Waals surface area contributed by atoms with Crippen LogP contribution in [0.3, 0.4) is 0 Å². The zero-order valence-electron chi connectivity index (χ0n) is 12.3. The Morgan fingerprint density at radius 3 is 2.00 bits per heavy atom. The van der Waals surface area contributed by atoms with Crippen molar-refractivity contribution in [3.05, 3.63) is 78.9 Å². The van der Waals surface area contributed by atoms with Crippen molar-refractivity contribution in [2.45, 2.75) is 0 Å². The molecular weight excluding hydrogens is 286 g/mol. The maximum absolute atomic E-state index is 4.54. The van der Waals surface area contributed by atoms with Crippen molar-refractivity contribution < 1.29 is 0 Å². The molecule has 0 aliphatic rings. The van der Waals surface area contributed by atoms with Gasteiger partial charge in [-0.25, -0.2) is 0 Å². The van der Waals surface area contributed by atoms with Crippen LogP contribution in [0.15, 0.2) is 78.9 Å². The second kappa shape index (κ2) is 5.81. The summed E-state index contributed by atoms with van der Waals surface area (Å²) < 4.78 is 1.79. The van der Waals surface area contributed by atoms with Gasteiger partial charge in [0.15, 0.2) is 5.65 Å². The molecule has 2 N–H and O–H groups in total. The first-order valence-electron chi connectivity index (χ1n) is 7.38. The van der Waals surface area contributed by atoms with Crippen LogP contribution in [0.4, 0.5) is 23.1 Å². The summed E-state index contributed by atoms with van der Waals surface area (Å²) in [5.74, 6) is 1.43. The summed E-state index contributed by atoms with van der Waals surface area (Å²) in [5, 5.41) is 11.1. The van der Waals surface area contributed by atoms with Gasteiger partial charge in [-0.3, -0.25) is 0 Å². The molecule has 0 spiro atoms. The van der Waals surface area contributed by atoms with Crippen LogP contribution < -0.4 is 10.6 Å². The monoisotopic (exact) mass is 301 g/mol. The number of pyridine rings is 1. The van der Waals surface area contributed by atoms with E-state index >= 15 is 0 Å². The van der Waals surface area contributed by atoms with Gasteiger partial charge >= 0.3 is 0 Å². The van der Waals surface area contributed by atoms with Crippen molar-refractivity contribution in [3.8, 4) is 0 Å². The largest absolute Gasteiger partial charge is 0.340 e. The van der Waals surface area contributed by atoms with E-state index in [-0.39, 0.29) is 0 Å². The van der Waals surface area contributed by atoms with Crippen molar-refractivity contribution >= 4 is 28.8 Å². The molecule has 0 aliphatic carbocycles. The fraction of sp³-hybridized carbons (Fsp3) is 0. The van der Waals surface area contributed by atoms with Gasteiger partial charge in [0.25, 0.3) is 0 Å². The van der Waals surface area contributed by atoms with Gasteiger partial charge in [0.2, 0.25) is 5.95 Å². The molecule has 23 heavy (non-hydrogen) atoms. The van der Waals surface area contributed by atoms with Crippen molar-refractivity contribution in [1.29, 1.82) is 0 Å². The normalized spacial score (nSPS) is 10.6. The highest BCUT2D eigenvalue weighted by Gasteiger charge is 2.07. The fourth-order valence-electron chi connectivity index (χ4n) is 2.37. The van der Waals surface area contributed by atoms with Gasteiger partial charge in [-0.15, -0.1) is 5.10 Å². The third-order valence-corrected chi connectivity index (χ3v) is 3.44. The van der Waals surface area contributed by atoms with E-state index in [1.807, 2.05) is 78.9 Å². The Kier molecular flexibility index (Phi) is 3.37. The van der Waals surface area contributed by atoms with Gasteiger partial charge in [0, 0.05) is 11.4 Å². The van der Waals surface area contributed by atoms with Crippen LogP contribution in [0.2, 0.25) is 0 Å². The highest BCUT2D eigenvalue weighted by molar-refractivity contribution is 5.62. The molecule has 2 heterocycles. The molecule has 5 nitrogen and oxygen atoms in total. The Bertz CT molecular complexity index is 916. The minimum Gasteiger partial charge on any atom is -0.340 e. The molecule has 0 aliphatic heterocycles. The van der Waals surface area contributed by atoms with E-state index in [0.29, 0.717) is 5.95 Å². The Balaban J connectivity index is 1.67. The summed E-state index contributed by atoms with van der Waals surface area (Å²) in [6, 6.07) is 25.7. The van der Waals surface area contributed by atoms with Crippen LogP contribution >= 0.6 is 0 Å². The Morgan fingerprint density at radius 1 is 0.652 bits per heavy atom. The van der Waals surface area contributed by atoms with E-state index in [2.05, 4.69) is 20.7 Å². The lowest BCUT2D eigenvalue weighted by Gasteiger charge is -2.07. The number of fused-ring (bicyclic) bond motifs is 1. The van der Waals surface area contributed by atoms with Crippen LogP contribution in [0.25, 0.3) is 5.65 Å². The number of nitrogens with zero attached hydrogens (tertiary/aromatic N) is 3. The van der Waals surface area contributed by atoms with E-state index in [4.69, 9.17) is 0 Å². The zero-order chi connectivity index (χ0) is 15.5. The van der Waals surface area contributed by atoms with Crippen LogP contribution in [0.5, 0.6) is 0 Å². The molecule has 5 heteroatoms. The third-order valence-electron chi connectivity index (χ3n) is 3.44. The molecule has 4 aromatic rings. The number of rotatable bonds is 4. The maximum Gasteiger partial charge on any atom is 0.247 e. The Hall–Kier alpha value is -3.34. The molecule has 0 amide bonds. The molecule has 0 atom stereocenters. The number of hydrogen-bond donors (Lipinski definition) is 2. The fourth-order valence-corrected chi connectivity index (χ4v) is 2.37. The molecule has 4 rings (SSSR count). The molecule has 2 aromatic carbocycles. The van der Waals surface area contributed by atoms with Gasteiger partial charge in [-0.2, -0.15) is 9.50 Å². The molecule has 2 aromatic heterocycles. The lowest BCUT2D eigenvalue weighted by Crippen LogP contribution is -1.99. The van der Waals surface area contributed by atoms with Crippen LogP contribution in [0, 0.1) is 0 Å². The predicted octanol–water partition coefficient (Wildman–Crippen LogP) is 4.22. The van der Waals surface area contributed by atoms with E-state index in [1.54, 1.807) is 4.52 Å². The average Bonchev–Trinajstić information content (AvgIpc) is 3.00. The lowest BCUT2D eigenvalue weighted by molar-refractivity contribution is 0.972. The molecule has 0 fully saturated rings. The number of aromatic nitrogens is 3. The summed E-state index contributed by atoms with van der Waals surface area (Å²) in [5.41, 5.74) is 2.75. The molecule has 0 saturated carbocycles. The SMILES string of the molecule is c1ccc(Nc2nc3cccc(Nc4ccccc4)n3n2)cc1. The smallest absolute Gasteiger partial charge is 0.247 e. The standard InChI is InChI=1S/C18H15N5/c1-3-8-14(9-4-1)19-16-12-7-13-17-21-18(22-23(16)17)20-15-10-5-2-6-11-15/h1-13,19H,(H,20,22). The topological polar surface area (TPSA) is 54.2 Å². The van der Waals surface area contributed by atoms with Crippen LogP contribution in [0.1, 0.15) is 0 Å². The summed E-state index contributed by atoms with van der Waals surface area (Å²) in [6.45, 7) is 0. The van der Waals surface area contributed by atoms with Gasteiger partial charge < -0.3 is 10.6 Å². The number of hydrogen-bond acceptors (Lipinski definition) is 4.